The van der Waals surface area contributed by atoms with Gasteiger partial charge in [-0.2, -0.15) is 0 Å². The molecule has 0 saturated carbocycles. The van der Waals surface area contributed by atoms with Gasteiger partial charge in [-0.1, -0.05) is 6.07 Å². The molecule has 0 aliphatic carbocycles. The highest BCUT2D eigenvalue weighted by molar-refractivity contribution is 5.54. The van der Waals surface area contributed by atoms with E-state index >= 15 is 0 Å². The fourth-order valence-corrected chi connectivity index (χ4v) is 2.66. The molecule has 3 heteroatoms. The molecule has 0 fully saturated rings. The lowest BCUT2D eigenvalue weighted by Gasteiger charge is -2.32. The van der Waals surface area contributed by atoms with Crippen LogP contribution in [-0.2, 0) is 16.3 Å². The maximum absolute atomic E-state index is 12.3. The Morgan fingerprint density at radius 3 is 2.19 bits per heavy atom. The first-order chi connectivity index (χ1) is 7.31. The van der Waals surface area contributed by atoms with Crippen molar-refractivity contribution < 1.29 is 5.21 Å². The highest BCUT2D eigenvalue weighted by Gasteiger charge is 2.49. The number of fused-ring (bicyclic) bond motifs is 1. The third-order valence-corrected chi connectivity index (χ3v) is 3.64. The number of hydroxylamine groups is 2. The van der Waals surface area contributed by atoms with Crippen LogP contribution in [0.4, 0.5) is 5.69 Å². The smallest absolute Gasteiger partial charge is 0.0699 e. The summed E-state index contributed by atoms with van der Waals surface area (Å²) in [5.41, 5.74) is 2.42. The molecule has 1 N–H and O–H groups in total. The van der Waals surface area contributed by atoms with E-state index < -0.39 is 11.1 Å². The Kier molecular flexibility index (Phi) is 2.30. The maximum atomic E-state index is 12.3. The lowest BCUT2D eigenvalue weighted by molar-refractivity contribution is -0.266. The zero-order valence-electron chi connectivity index (χ0n) is 10.6. The van der Waals surface area contributed by atoms with Crippen molar-refractivity contribution >= 4 is 5.69 Å². The van der Waals surface area contributed by atoms with Crippen LogP contribution in [0.2, 0.25) is 0 Å². The van der Waals surface area contributed by atoms with Gasteiger partial charge in [-0.05, 0) is 51.0 Å². The fraction of sp³-hybridized carbons (Fsp3) is 0.538. The minimum Gasteiger partial charge on any atom is -0.388 e. The summed E-state index contributed by atoms with van der Waals surface area (Å²) < 4.78 is 0. The zero-order chi connectivity index (χ0) is 12.1. The number of nitrogens with zero attached hydrogens (tertiary/aromatic N) is 1. The average molecular weight is 219 g/mol. The second-order valence-corrected chi connectivity index (χ2v) is 5.42. The minimum absolute atomic E-state index is 0.439. The van der Waals surface area contributed by atoms with Crippen LogP contribution >= 0.6 is 0 Å². The van der Waals surface area contributed by atoms with E-state index in [9.17, 15) is 5.21 Å². The molecule has 3 nitrogen and oxygen atoms in total. The second kappa shape index (κ2) is 3.22. The topological polar surface area (TPSA) is 35.2 Å². The van der Waals surface area contributed by atoms with Gasteiger partial charge in [0.05, 0.1) is 11.1 Å². The van der Waals surface area contributed by atoms with E-state index in [1.807, 2.05) is 40.8 Å². The zero-order valence-corrected chi connectivity index (χ0v) is 10.6. The van der Waals surface area contributed by atoms with Crippen molar-refractivity contribution in [1.29, 1.82) is 0 Å². The summed E-state index contributed by atoms with van der Waals surface area (Å²) >= 11 is 0. The molecule has 16 heavy (non-hydrogen) atoms. The monoisotopic (exact) mass is 219 g/mol. The van der Waals surface area contributed by atoms with E-state index in [0.717, 1.165) is 16.8 Å². The van der Waals surface area contributed by atoms with Crippen molar-refractivity contribution in [3.63, 3.8) is 0 Å². The van der Waals surface area contributed by atoms with Gasteiger partial charge in [0.25, 0.3) is 0 Å². The summed E-state index contributed by atoms with van der Waals surface area (Å²) in [6.07, 6.45) is 0. The molecule has 2 rings (SSSR count). The van der Waals surface area contributed by atoms with Crippen LogP contribution in [-0.4, -0.2) is 12.1 Å². The van der Waals surface area contributed by atoms with Crippen LogP contribution < -0.4 is 5.32 Å². The van der Waals surface area contributed by atoms with Crippen LogP contribution in [0.3, 0.4) is 0 Å². The Balaban J connectivity index is 2.65. The van der Waals surface area contributed by atoms with Crippen molar-refractivity contribution in [1.82, 2.24) is 5.06 Å². The molecule has 0 atom stereocenters. The fourth-order valence-electron chi connectivity index (χ4n) is 2.66. The molecule has 0 bridgehead atoms. The Labute approximate surface area is 97.0 Å². The lowest BCUT2D eigenvalue weighted by Crippen LogP contribution is -2.41. The highest BCUT2D eigenvalue weighted by atomic mass is 16.5. The summed E-state index contributed by atoms with van der Waals surface area (Å²) in [6.45, 7) is 7.92. The molecular weight excluding hydrogens is 200 g/mol. The van der Waals surface area contributed by atoms with Crippen LogP contribution in [0.25, 0.3) is 0 Å². The van der Waals surface area contributed by atoms with Gasteiger partial charge in [0.2, 0.25) is 0 Å². The first-order valence-corrected chi connectivity index (χ1v) is 5.62. The van der Waals surface area contributed by atoms with Gasteiger partial charge in [-0.3, -0.25) is 0 Å². The molecule has 1 aliphatic heterocycles. The average Bonchev–Trinajstić information content (AvgIpc) is 2.38. The first kappa shape index (κ1) is 11.4. The number of nitrogens with one attached hydrogen (secondary N) is 1. The quantitative estimate of drug-likeness (QED) is 0.788. The van der Waals surface area contributed by atoms with Crippen molar-refractivity contribution in [2.45, 2.75) is 38.8 Å². The van der Waals surface area contributed by atoms with Gasteiger partial charge in [0.1, 0.15) is 0 Å². The van der Waals surface area contributed by atoms with E-state index in [1.54, 1.807) is 0 Å². The maximum Gasteiger partial charge on any atom is 0.0699 e. The van der Waals surface area contributed by atoms with Crippen molar-refractivity contribution in [3.8, 4) is 0 Å². The summed E-state index contributed by atoms with van der Waals surface area (Å²) in [7, 11) is 1.89. The van der Waals surface area contributed by atoms with Crippen LogP contribution in [0.1, 0.15) is 38.8 Å². The Bertz CT molecular complexity index is 424. The second-order valence-electron chi connectivity index (χ2n) is 5.42. The molecule has 1 radical (unpaired) electrons. The number of benzene rings is 1. The molecule has 0 saturated heterocycles. The molecule has 1 aromatic rings. The normalized spacial score (nSPS) is 21.9. The predicted molar refractivity (Wildman–Crippen MR) is 64.6 cm³/mol. The number of hydrogen-bond donors (Lipinski definition) is 1. The van der Waals surface area contributed by atoms with Gasteiger partial charge in [-0.25, -0.2) is 0 Å². The molecule has 0 spiro atoms. The lowest BCUT2D eigenvalue weighted by atomic mass is 9.90. The van der Waals surface area contributed by atoms with E-state index in [-0.39, 0.29) is 0 Å². The molecule has 0 amide bonds. The summed E-state index contributed by atoms with van der Waals surface area (Å²) in [6, 6.07) is 6.16. The van der Waals surface area contributed by atoms with Gasteiger partial charge < -0.3 is 5.32 Å². The third kappa shape index (κ3) is 1.28. The molecule has 0 aromatic heterocycles. The Morgan fingerprint density at radius 1 is 1.06 bits per heavy atom. The van der Waals surface area contributed by atoms with E-state index in [1.165, 1.54) is 5.06 Å². The van der Waals surface area contributed by atoms with Crippen LogP contribution in [0.5, 0.6) is 0 Å². The number of rotatable bonds is 1. The number of hydrogen-bond acceptors (Lipinski definition) is 2. The first-order valence-electron chi connectivity index (χ1n) is 5.62. The molecule has 1 aromatic carbocycles. The van der Waals surface area contributed by atoms with Crippen molar-refractivity contribution in [3.05, 3.63) is 29.3 Å². The highest BCUT2D eigenvalue weighted by Crippen LogP contribution is 2.48. The Hall–Kier alpha value is -1.06. The summed E-state index contributed by atoms with van der Waals surface area (Å²) in [4.78, 5) is 0. The van der Waals surface area contributed by atoms with Gasteiger partial charge in [0.15, 0.2) is 0 Å². The van der Waals surface area contributed by atoms with E-state index in [0.29, 0.717) is 0 Å². The van der Waals surface area contributed by atoms with Gasteiger partial charge in [-0.15, -0.1) is 10.3 Å². The standard InChI is InChI=1S/C13H19N2O/c1-12(2)10-7-6-9(14-5)8-11(10)13(3,4)15(12)16/h6-8,14H,1-5H3. The predicted octanol–water partition coefficient (Wildman–Crippen LogP) is 2.86. The molecule has 0 unspecified atom stereocenters. The SMILES string of the molecule is CNc1ccc2c(c1)C(C)(C)N([O])C2(C)C. The van der Waals surface area contributed by atoms with E-state index in [4.69, 9.17) is 0 Å². The van der Waals surface area contributed by atoms with Crippen molar-refractivity contribution in [2.24, 2.45) is 0 Å². The van der Waals surface area contributed by atoms with Gasteiger partial charge >= 0.3 is 0 Å². The largest absolute Gasteiger partial charge is 0.388 e. The Morgan fingerprint density at radius 2 is 1.62 bits per heavy atom. The van der Waals surface area contributed by atoms with Gasteiger partial charge in [0, 0.05) is 12.7 Å². The third-order valence-electron chi connectivity index (χ3n) is 3.64. The molecule has 87 valence electrons. The number of anilines is 1. The summed E-state index contributed by atoms with van der Waals surface area (Å²) in [5, 5.41) is 16.6. The van der Waals surface area contributed by atoms with Crippen LogP contribution in [0, 0.1) is 0 Å². The minimum atomic E-state index is -0.453. The summed E-state index contributed by atoms with van der Waals surface area (Å²) in [5.74, 6) is 0. The molecule has 1 aliphatic rings. The molecule has 1 heterocycles. The van der Waals surface area contributed by atoms with Crippen molar-refractivity contribution in [2.75, 3.05) is 12.4 Å². The molecular formula is C13H19N2O. The van der Waals surface area contributed by atoms with E-state index in [2.05, 4.69) is 17.4 Å². The van der Waals surface area contributed by atoms with Crippen LogP contribution in [0.15, 0.2) is 18.2 Å².